The van der Waals surface area contributed by atoms with E-state index >= 15 is 0 Å². The Morgan fingerprint density at radius 1 is 1.27 bits per heavy atom. The summed E-state index contributed by atoms with van der Waals surface area (Å²) < 4.78 is 13.7. The highest BCUT2D eigenvalue weighted by Gasteiger charge is 2.10. The van der Waals surface area contributed by atoms with Crippen LogP contribution in [0.3, 0.4) is 0 Å². The van der Waals surface area contributed by atoms with E-state index in [4.69, 9.17) is 0 Å². The van der Waals surface area contributed by atoms with Gasteiger partial charge in [0.2, 0.25) is 0 Å². The van der Waals surface area contributed by atoms with Crippen molar-refractivity contribution in [3.05, 3.63) is 34.4 Å². The quantitative estimate of drug-likeness (QED) is 0.738. The van der Waals surface area contributed by atoms with Crippen molar-refractivity contribution in [2.45, 2.75) is 19.8 Å². The lowest BCUT2D eigenvalue weighted by molar-refractivity contribution is 0.629. The van der Waals surface area contributed by atoms with Gasteiger partial charge in [0.05, 0.1) is 11.2 Å². The summed E-state index contributed by atoms with van der Waals surface area (Å²) in [5.74, 6) is -0.0103. The van der Waals surface area contributed by atoms with E-state index in [2.05, 4.69) is 25.9 Å². The maximum atomic E-state index is 13.1. The van der Waals surface area contributed by atoms with E-state index in [-0.39, 0.29) is 11.7 Å². The molecule has 0 bridgehead atoms. The largest absolute Gasteiger partial charge is 0.226 e. The molecular formula is C11H10BrFN2. The molecule has 1 heterocycles. The Morgan fingerprint density at radius 3 is 2.67 bits per heavy atom. The molecule has 0 saturated carbocycles. The molecule has 2 rings (SSSR count). The molecule has 0 aliphatic carbocycles. The summed E-state index contributed by atoms with van der Waals surface area (Å²) in [5.41, 5.74) is 1.63. The van der Waals surface area contributed by atoms with Crippen LogP contribution in [0.15, 0.2) is 22.9 Å². The second kappa shape index (κ2) is 3.85. The monoisotopic (exact) mass is 268 g/mol. The number of rotatable bonds is 1. The molecule has 0 radical (unpaired) electrons. The van der Waals surface area contributed by atoms with Gasteiger partial charge in [0, 0.05) is 5.39 Å². The highest BCUT2D eigenvalue weighted by atomic mass is 79.9. The molecule has 15 heavy (non-hydrogen) atoms. The summed E-state index contributed by atoms with van der Waals surface area (Å²) in [7, 11) is 0. The highest BCUT2D eigenvalue weighted by Crippen LogP contribution is 2.24. The number of hydrogen-bond donors (Lipinski definition) is 0. The standard InChI is InChI=1S/C11H10BrFN2/c1-6(2)10-8-5-7(13)3-4-9(8)14-11(12)15-10/h3-6H,1-2H3. The van der Waals surface area contributed by atoms with Gasteiger partial charge >= 0.3 is 0 Å². The predicted molar refractivity (Wildman–Crippen MR) is 61.3 cm³/mol. The summed E-state index contributed by atoms with van der Waals surface area (Å²) in [6, 6.07) is 4.56. The molecule has 1 aromatic carbocycles. The molecule has 0 unspecified atom stereocenters. The SMILES string of the molecule is CC(C)c1nc(Br)nc2ccc(F)cc12. The lowest BCUT2D eigenvalue weighted by atomic mass is 10.0. The summed E-state index contributed by atoms with van der Waals surface area (Å²) in [4.78, 5) is 8.48. The normalized spacial score (nSPS) is 11.3. The van der Waals surface area contributed by atoms with Gasteiger partial charge in [-0.05, 0) is 40.0 Å². The fourth-order valence-corrected chi connectivity index (χ4v) is 1.92. The maximum absolute atomic E-state index is 13.1. The molecule has 0 aliphatic heterocycles. The topological polar surface area (TPSA) is 25.8 Å². The molecule has 1 aromatic heterocycles. The molecule has 0 aliphatic rings. The molecule has 2 nitrogen and oxygen atoms in total. The maximum Gasteiger partial charge on any atom is 0.197 e. The smallest absolute Gasteiger partial charge is 0.197 e. The first kappa shape index (κ1) is 10.5. The summed E-state index contributed by atoms with van der Waals surface area (Å²) in [6.07, 6.45) is 0. The van der Waals surface area contributed by atoms with Gasteiger partial charge in [0.15, 0.2) is 4.73 Å². The first-order valence-corrected chi connectivity index (χ1v) is 5.50. The second-order valence-electron chi connectivity index (χ2n) is 3.69. The van der Waals surface area contributed by atoms with Crippen LogP contribution >= 0.6 is 15.9 Å². The Kier molecular flexibility index (Phi) is 2.69. The van der Waals surface area contributed by atoms with Crippen molar-refractivity contribution in [1.29, 1.82) is 0 Å². The molecule has 0 fully saturated rings. The van der Waals surface area contributed by atoms with Crippen molar-refractivity contribution >= 4 is 26.8 Å². The molecule has 0 amide bonds. The van der Waals surface area contributed by atoms with Crippen molar-refractivity contribution in [2.75, 3.05) is 0 Å². The van der Waals surface area contributed by atoms with E-state index in [1.54, 1.807) is 6.07 Å². The van der Waals surface area contributed by atoms with Crippen molar-refractivity contribution in [1.82, 2.24) is 9.97 Å². The number of fused-ring (bicyclic) bond motifs is 1. The average molecular weight is 269 g/mol. The first-order chi connectivity index (χ1) is 7.08. The summed E-state index contributed by atoms with van der Waals surface area (Å²) in [5, 5.41) is 0.785. The zero-order valence-corrected chi connectivity index (χ0v) is 10.0. The zero-order chi connectivity index (χ0) is 11.0. The Hall–Kier alpha value is -1.03. The average Bonchev–Trinajstić information content (AvgIpc) is 2.17. The molecule has 2 aromatic rings. The van der Waals surface area contributed by atoms with Crippen molar-refractivity contribution in [2.24, 2.45) is 0 Å². The Labute approximate surface area is 95.7 Å². The third kappa shape index (κ3) is 2.00. The van der Waals surface area contributed by atoms with Crippen molar-refractivity contribution < 1.29 is 4.39 Å². The first-order valence-electron chi connectivity index (χ1n) is 4.70. The van der Waals surface area contributed by atoms with Crippen LogP contribution in [-0.2, 0) is 0 Å². The molecule has 78 valence electrons. The molecule has 0 atom stereocenters. The minimum absolute atomic E-state index is 0.244. The van der Waals surface area contributed by atoms with Crippen molar-refractivity contribution in [3.63, 3.8) is 0 Å². The molecule has 0 saturated heterocycles. The number of nitrogens with zero attached hydrogens (tertiary/aromatic N) is 2. The number of aromatic nitrogens is 2. The van der Waals surface area contributed by atoms with Crippen LogP contribution in [0.4, 0.5) is 4.39 Å². The molecule has 4 heteroatoms. The van der Waals surface area contributed by atoms with Gasteiger partial charge in [-0.1, -0.05) is 13.8 Å². The van der Waals surface area contributed by atoms with Crippen LogP contribution in [0, 0.1) is 5.82 Å². The van der Waals surface area contributed by atoms with E-state index in [1.807, 2.05) is 13.8 Å². The minimum atomic E-state index is -0.254. The Balaban J connectivity index is 2.81. The minimum Gasteiger partial charge on any atom is -0.226 e. The summed E-state index contributed by atoms with van der Waals surface area (Å²) >= 11 is 3.25. The molecule has 0 spiro atoms. The van der Waals surface area contributed by atoms with Gasteiger partial charge < -0.3 is 0 Å². The fraction of sp³-hybridized carbons (Fsp3) is 0.273. The number of halogens is 2. The zero-order valence-electron chi connectivity index (χ0n) is 8.46. The van der Waals surface area contributed by atoms with Gasteiger partial charge in [0.25, 0.3) is 0 Å². The van der Waals surface area contributed by atoms with E-state index < -0.39 is 0 Å². The third-order valence-corrected chi connectivity index (χ3v) is 2.56. The Bertz CT molecular complexity index is 511. The predicted octanol–water partition coefficient (Wildman–Crippen LogP) is 3.65. The Morgan fingerprint density at radius 2 is 2.00 bits per heavy atom. The van der Waals surface area contributed by atoms with Crippen LogP contribution in [-0.4, -0.2) is 9.97 Å². The van der Waals surface area contributed by atoms with Crippen LogP contribution < -0.4 is 0 Å². The third-order valence-electron chi connectivity index (χ3n) is 2.21. The number of benzene rings is 1. The molecular weight excluding hydrogens is 259 g/mol. The van der Waals surface area contributed by atoms with Crippen LogP contribution in [0.5, 0.6) is 0 Å². The lowest BCUT2D eigenvalue weighted by Gasteiger charge is -2.08. The summed E-state index contributed by atoms with van der Waals surface area (Å²) in [6.45, 7) is 4.05. The van der Waals surface area contributed by atoms with Gasteiger partial charge in [-0.25, -0.2) is 14.4 Å². The van der Waals surface area contributed by atoms with Gasteiger partial charge in [-0.15, -0.1) is 0 Å². The highest BCUT2D eigenvalue weighted by molar-refractivity contribution is 9.10. The van der Waals surface area contributed by atoms with Crippen LogP contribution in [0.25, 0.3) is 10.9 Å². The van der Waals surface area contributed by atoms with Crippen molar-refractivity contribution in [3.8, 4) is 0 Å². The van der Waals surface area contributed by atoms with Gasteiger partial charge in [0.1, 0.15) is 5.82 Å². The van der Waals surface area contributed by atoms with Gasteiger partial charge in [-0.2, -0.15) is 0 Å². The fourth-order valence-electron chi connectivity index (χ4n) is 1.54. The van der Waals surface area contributed by atoms with E-state index in [9.17, 15) is 4.39 Å². The number of hydrogen-bond acceptors (Lipinski definition) is 2. The lowest BCUT2D eigenvalue weighted by Crippen LogP contribution is -1.98. The van der Waals surface area contributed by atoms with Gasteiger partial charge in [-0.3, -0.25) is 0 Å². The van der Waals surface area contributed by atoms with E-state index in [1.165, 1.54) is 12.1 Å². The van der Waals surface area contributed by atoms with Crippen LogP contribution in [0.2, 0.25) is 0 Å². The van der Waals surface area contributed by atoms with E-state index in [0.29, 0.717) is 4.73 Å². The van der Waals surface area contributed by atoms with Crippen LogP contribution in [0.1, 0.15) is 25.5 Å². The second-order valence-corrected chi connectivity index (χ2v) is 4.40. The van der Waals surface area contributed by atoms with E-state index in [0.717, 1.165) is 16.6 Å². The molecule has 0 N–H and O–H groups in total.